The molecule has 186 valence electrons. The van der Waals surface area contributed by atoms with Crippen molar-refractivity contribution in [3.8, 4) is 5.69 Å². The van der Waals surface area contributed by atoms with Crippen LogP contribution in [0.5, 0.6) is 0 Å². The van der Waals surface area contributed by atoms with Crippen LogP contribution in [0, 0.1) is 5.92 Å². The third-order valence-electron chi connectivity index (χ3n) is 6.34. The molecule has 1 heterocycles. The van der Waals surface area contributed by atoms with Crippen molar-refractivity contribution in [1.82, 2.24) is 15.1 Å². The second kappa shape index (κ2) is 10.5. The number of nitrogens with zero attached hydrogens (tertiary/aromatic N) is 2. The second-order valence-corrected chi connectivity index (χ2v) is 8.82. The number of hydrogen-bond donors (Lipinski definition) is 2. The quantitative estimate of drug-likeness (QED) is 0.462. The highest BCUT2D eigenvalue weighted by Gasteiger charge is 2.43. The molecule has 3 aromatic rings. The van der Waals surface area contributed by atoms with Gasteiger partial charge in [-0.15, -0.1) is 0 Å². The minimum absolute atomic E-state index is 0.0795. The van der Waals surface area contributed by atoms with Crippen LogP contribution in [0.2, 0.25) is 0 Å². The van der Waals surface area contributed by atoms with E-state index in [0.29, 0.717) is 17.6 Å². The Hall–Kier alpha value is -3.40. The largest absolute Gasteiger partial charge is 0.490 e. The molecule has 2 aromatic carbocycles. The average molecular weight is 489 g/mol. The minimum atomic E-state index is -5.00. The minimum Gasteiger partial charge on any atom is -0.454 e. The topological polar surface area (TPSA) is 99.2 Å². The summed E-state index contributed by atoms with van der Waals surface area (Å²) in [5.74, 6) is -2.76. The highest BCUT2D eigenvalue weighted by Crippen LogP contribution is 2.29. The number of rotatable bonds is 8. The van der Waals surface area contributed by atoms with Crippen molar-refractivity contribution in [3.63, 3.8) is 0 Å². The lowest BCUT2D eigenvalue weighted by molar-refractivity contribution is -0.207. The molecule has 1 atom stereocenters. The van der Waals surface area contributed by atoms with E-state index < -0.39 is 24.2 Å². The number of ether oxygens (including phenoxy) is 1. The van der Waals surface area contributed by atoms with E-state index in [2.05, 4.69) is 10.4 Å². The molecule has 0 saturated heterocycles. The lowest BCUT2D eigenvalue weighted by Gasteiger charge is -2.30. The Bertz CT molecular complexity index is 1180. The van der Waals surface area contributed by atoms with Gasteiger partial charge in [0.15, 0.2) is 0 Å². The van der Waals surface area contributed by atoms with E-state index in [1.165, 1.54) is 0 Å². The molecule has 1 amide bonds. The van der Waals surface area contributed by atoms with Gasteiger partial charge in [-0.05, 0) is 42.5 Å². The summed E-state index contributed by atoms with van der Waals surface area (Å²) in [6.45, 7) is 0.550. The molecule has 3 N–H and O–H groups in total. The van der Waals surface area contributed by atoms with Gasteiger partial charge in [0.25, 0.3) is 5.91 Å². The number of carbonyl (C=O) groups excluding carboxylic acids is 2. The highest BCUT2D eigenvalue weighted by atomic mass is 19.4. The van der Waals surface area contributed by atoms with Gasteiger partial charge in [0.05, 0.1) is 11.3 Å². The number of esters is 1. The number of nitrogens with two attached hydrogens (primary N) is 1. The molecule has 1 aliphatic carbocycles. The summed E-state index contributed by atoms with van der Waals surface area (Å²) in [6.07, 6.45) is 0.386. The van der Waals surface area contributed by atoms with Crippen molar-refractivity contribution < 1.29 is 27.5 Å². The number of benzene rings is 2. The fourth-order valence-electron chi connectivity index (χ4n) is 4.52. The maximum atomic E-state index is 12.7. The maximum absolute atomic E-state index is 12.7. The van der Waals surface area contributed by atoms with E-state index in [4.69, 9.17) is 10.5 Å². The number of fused-ring (bicyclic) bond motifs is 1. The number of carbonyl (C=O) groups is 2. The van der Waals surface area contributed by atoms with Gasteiger partial charge in [-0.2, -0.15) is 18.3 Å². The van der Waals surface area contributed by atoms with Gasteiger partial charge >= 0.3 is 12.1 Å². The molecule has 7 nitrogen and oxygen atoms in total. The van der Waals surface area contributed by atoms with Crippen molar-refractivity contribution in [2.24, 2.45) is 11.7 Å². The van der Waals surface area contributed by atoms with Crippen molar-refractivity contribution in [1.29, 1.82) is 0 Å². The van der Waals surface area contributed by atoms with E-state index in [-0.39, 0.29) is 12.5 Å². The van der Waals surface area contributed by atoms with Crippen molar-refractivity contribution in [3.05, 3.63) is 59.8 Å². The summed E-state index contributed by atoms with van der Waals surface area (Å²) in [7, 11) is 0. The molecule has 1 aromatic heterocycles. The number of nitrogens with one attached hydrogen (secondary N) is 1. The van der Waals surface area contributed by atoms with Gasteiger partial charge in [0.1, 0.15) is 11.6 Å². The standard InChI is InChI=1S/C25H27F3N4O3/c26-25(27,28)24(34)35-21(17-5-2-1-3-6-17)14-30-13-16-9-11-19(12-10-16)32-15-18-7-4-8-20(23(29)33)22(18)31-32/h4,7-12,15,17,21,30H,1-3,5-6,13-14H2,(H2,29,33). The third kappa shape index (κ3) is 6.00. The van der Waals surface area contributed by atoms with Crippen LogP contribution in [-0.4, -0.2) is 40.5 Å². The van der Waals surface area contributed by atoms with E-state index in [1.807, 2.05) is 30.3 Å². The fourth-order valence-corrected chi connectivity index (χ4v) is 4.52. The molecule has 0 spiro atoms. The second-order valence-electron chi connectivity index (χ2n) is 8.82. The van der Waals surface area contributed by atoms with E-state index >= 15 is 0 Å². The molecule has 1 saturated carbocycles. The van der Waals surface area contributed by atoms with Crippen LogP contribution in [0.1, 0.15) is 48.0 Å². The SMILES string of the molecule is NC(=O)c1cccc2cn(-c3ccc(CNCC(OC(=O)C(F)(F)F)C4CCCCC4)cc3)nc12. The average Bonchev–Trinajstić information content (AvgIpc) is 3.28. The molecule has 1 fully saturated rings. The van der Waals surface area contributed by atoms with Gasteiger partial charge in [-0.3, -0.25) is 4.79 Å². The summed E-state index contributed by atoms with van der Waals surface area (Å²) < 4.78 is 44.7. The van der Waals surface area contributed by atoms with Crippen LogP contribution in [0.4, 0.5) is 13.2 Å². The van der Waals surface area contributed by atoms with E-state index in [1.54, 1.807) is 23.0 Å². The first-order valence-electron chi connectivity index (χ1n) is 11.6. The molecule has 0 bridgehead atoms. The molecule has 4 rings (SSSR count). The summed E-state index contributed by atoms with van der Waals surface area (Å²) >= 11 is 0. The zero-order valence-electron chi connectivity index (χ0n) is 19.1. The van der Waals surface area contributed by atoms with Gasteiger partial charge in [0, 0.05) is 24.7 Å². The summed E-state index contributed by atoms with van der Waals surface area (Å²) in [6, 6.07) is 12.7. The number of primary amides is 1. The maximum Gasteiger partial charge on any atom is 0.490 e. The first-order chi connectivity index (χ1) is 16.7. The Morgan fingerprint density at radius 2 is 1.83 bits per heavy atom. The Kier molecular flexibility index (Phi) is 7.39. The number of alkyl halides is 3. The first kappa shape index (κ1) is 24.7. The Balaban J connectivity index is 1.40. The lowest BCUT2D eigenvalue weighted by atomic mass is 9.85. The number of halogens is 3. The van der Waals surface area contributed by atoms with Crippen molar-refractivity contribution in [2.45, 2.75) is 50.9 Å². The number of amides is 1. The third-order valence-corrected chi connectivity index (χ3v) is 6.34. The zero-order chi connectivity index (χ0) is 25.0. The van der Waals surface area contributed by atoms with Crippen LogP contribution in [-0.2, 0) is 16.1 Å². The van der Waals surface area contributed by atoms with E-state index in [0.717, 1.165) is 48.7 Å². The Morgan fingerprint density at radius 3 is 2.49 bits per heavy atom. The predicted molar refractivity (Wildman–Crippen MR) is 124 cm³/mol. The first-order valence-corrected chi connectivity index (χ1v) is 11.6. The summed E-state index contributed by atoms with van der Waals surface area (Å²) in [4.78, 5) is 23.1. The normalized spacial score (nSPS) is 15.7. The zero-order valence-corrected chi connectivity index (χ0v) is 19.1. The summed E-state index contributed by atoms with van der Waals surface area (Å²) in [5, 5.41) is 8.40. The monoisotopic (exact) mass is 488 g/mol. The number of hydrogen-bond acceptors (Lipinski definition) is 5. The lowest BCUT2D eigenvalue weighted by Crippen LogP contribution is -2.40. The van der Waals surface area contributed by atoms with Crippen LogP contribution in [0.15, 0.2) is 48.7 Å². The molecule has 0 radical (unpaired) electrons. The molecule has 35 heavy (non-hydrogen) atoms. The van der Waals surface area contributed by atoms with Gasteiger partial charge in [-0.25, -0.2) is 9.48 Å². The predicted octanol–water partition coefficient (Wildman–Crippen LogP) is 4.27. The van der Waals surface area contributed by atoms with Gasteiger partial charge < -0.3 is 15.8 Å². The van der Waals surface area contributed by atoms with Crippen LogP contribution >= 0.6 is 0 Å². The van der Waals surface area contributed by atoms with Crippen molar-refractivity contribution >= 4 is 22.8 Å². The van der Waals surface area contributed by atoms with Crippen LogP contribution < -0.4 is 11.1 Å². The Morgan fingerprint density at radius 1 is 1.11 bits per heavy atom. The fraction of sp³-hybridized carbons (Fsp3) is 0.400. The van der Waals surface area contributed by atoms with Crippen LogP contribution in [0.3, 0.4) is 0 Å². The van der Waals surface area contributed by atoms with Gasteiger partial charge in [-0.1, -0.05) is 43.5 Å². The molecule has 10 heteroatoms. The summed E-state index contributed by atoms with van der Waals surface area (Å²) in [5.41, 5.74) is 7.99. The number of aromatic nitrogens is 2. The molecule has 0 aliphatic heterocycles. The molecule has 1 unspecified atom stereocenters. The molecular weight excluding hydrogens is 461 g/mol. The molecule has 1 aliphatic rings. The smallest absolute Gasteiger partial charge is 0.454 e. The van der Waals surface area contributed by atoms with Crippen LogP contribution in [0.25, 0.3) is 16.6 Å². The van der Waals surface area contributed by atoms with Crippen molar-refractivity contribution in [2.75, 3.05) is 6.54 Å². The Labute approximate surface area is 200 Å². The van der Waals surface area contributed by atoms with Gasteiger partial charge in [0.2, 0.25) is 0 Å². The molecular formula is C25H27F3N4O3. The highest BCUT2D eigenvalue weighted by molar-refractivity contribution is 6.04. The van der Waals surface area contributed by atoms with E-state index in [9.17, 15) is 22.8 Å².